The number of carbonyl (C=O) groups is 4. The summed E-state index contributed by atoms with van der Waals surface area (Å²) in [6.07, 6.45) is 72.4. The molecule has 0 spiro atoms. The van der Waals surface area contributed by atoms with Gasteiger partial charge in [0.15, 0.2) is 12.2 Å². The molecule has 5 atom stereocenters. The summed E-state index contributed by atoms with van der Waals surface area (Å²) in [6, 6.07) is 0. The molecule has 105 heavy (non-hydrogen) atoms. The molecule has 0 aromatic heterocycles. The van der Waals surface area contributed by atoms with Gasteiger partial charge >= 0.3 is 39.5 Å². The number of phosphoric ester groups is 2. The van der Waals surface area contributed by atoms with Crippen LogP contribution in [0.25, 0.3) is 0 Å². The Morgan fingerprint density at radius 2 is 0.438 bits per heavy atom. The van der Waals surface area contributed by atoms with Gasteiger partial charge in [-0.1, -0.05) is 413 Å². The zero-order valence-electron chi connectivity index (χ0n) is 68.9. The van der Waals surface area contributed by atoms with E-state index in [1.165, 1.54) is 283 Å². The van der Waals surface area contributed by atoms with Crippen LogP contribution in [-0.4, -0.2) is 96.7 Å². The summed E-state index contributed by atoms with van der Waals surface area (Å²) in [5.74, 6) is -1.32. The Balaban J connectivity index is 5.18. The van der Waals surface area contributed by atoms with Crippen LogP contribution in [0.3, 0.4) is 0 Å². The van der Waals surface area contributed by atoms with E-state index in [0.717, 1.165) is 102 Å². The van der Waals surface area contributed by atoms with E-state index in [4.69, 9.17) is 37.0 Å². The second-order valence-corrected chi connectivity index (χ2v) is 34.3. The summed E-state index contributed by atoms with van der Waals surface area (Å²) in [4.78, 5) is 73.1. The zero-order chi connectivity index (χ0) is 76.9. The topological polar surface area (TPSA) is 237 Å². The van der Waals surface area contributed by atoms with Gasteiger partial charge in [-0.3, -0.25) is 37.3 Å². The second-order valence-electron chi connectivity index (χ2n) is 31.4. The average molecular weight is 1540 g/mol. The standard InChI is InChI=1S/C86H168O17P2/c1-6-9-12-15-18-21-23-25-27-29-31-32-33-35-37-39-43-47-51-56-61-66-71-86(91)103-82(76-97-84(89)70-65-60-55-50-46-42-38-36-34-30-28-26-24-22-19-16-13-10-7-2)78-101-105(94,95)99-74-80(87)73-98-104(92,93)100-77-81(75-96-83(88)69-64-59-54-20-17-14-11-8-3)102-85(90)72-67-62-57-52-48-44-40-41-45-49-53-58-63-68-79(4)5/h79-82,87H,6-78H2,1-5H3,(H,92,93)(H,94,95)/t80-,81+,82+/m0/s1. The normalized spacial score (nSPS) is 13.8. The van der Waals surface area contributed by atoms with E-state index >= 15 is 0 Å². The number of unbranched alkanes of at least 4 members (excludes halogenated alkanes) is 58. The highest BCUT2D eigenvalue weighted by atomic mass is 31.2. The van der Waals surface area contributed by atoms with Crippen LogP contribution in [0.5, 0.6) is 0 Å². The molecule has 0 aromatic carbocycles. The molecule has 17 nitrogen and oxygen atoms in total. The van der Waals surface area contributed by atoms with E-state index in [0.29, 0.717) is 25.7 Å². The lowest BCUT2D eigenvalue weighted by Gasteiger charge is -2.21. The van der Waals surface area contributed by atoms with Crippen molar-refractivity contribution in [2.24, 2.45) is 5.92 Å². The molecule has 0 bridgehead atoms. The summed E-state index contributed by atoms with van der Waals surface area (Å²) < 4.78 is 68.8. The third kappa shape index (κ3) is 79.9. The Labute approximate surface area is 645 Å². The van der Waals surface area contributed by atoms with Crippen molar-refractivity contribution >= 4 is 39.5 Å². The molecular weight excluding hydrogens is 1370 g/mol. The van der Waals surface area contributed by atoms with Crippen LogP contribution in [0.15, 0.2) is 0 Å². The Morgan fingerprint density at radius 3 is 0.648 bits per heavy atom. The van der Waals surface area contributed by atoms with Gasteiger partial charge in [0.25, 0.3) is 0 Å². The molecule has 19 heteroatoms. The van der Waals surface area contributed by atoms with Crippen LogP contribution in [0, 0.1) is 5.92 Å². The van der Waals surface area contributed by atoms with Gasteiger partial charge in [-0.05, 0) is 31.6 Å². The van der Waals surface area contributed by atoms with Crippen molar-refractivity contribution in [1.29, 1.82) is 0 Å². The van der Waals surface area contributed by atoms with Gasteiger partial charge in [-0.25, -0.2) is 9.13 Å². The largest absolute Gasteiger partial charge is 0.472 e. The third-order valence-corrected chi connectivity index (χ3v) is 22.2. The maximum absolute atomic E-state index is 13.1. The lowest BCUT2D eigenvalue weighted by atomic mass is 10.0. The highest BCUT2D eigenvalue weighted by molar-refractivity contribution is 7.47. The molecule has 0 heterocycles. The number of hydrogen-bond donors (Lipinski definition) is 3. The fraction of sp³-hybridized carbons (Fsp3) is 0.953. The predicted molar refractivity (Wildman–Crippen MR) is 432 cm³/mol. The molecule has 0 aliphatic carbocycles. The van der Waals surface area contributed by atoms with Gasteiger partial charge in [-0.15, -0.1) is 0 Å². The first-order valence-electron chi connectivity index (χ1n) is 44.6. The molecule has 0 radical (unpaired) electrons. The van der Waals surface area contributed by atoms with Crippen LogP contribution in [0.2, 0.25) is 0 Å². The van der Waals surface area contributed by atoms with E-state index in [-0.39, 0.29) is 25.7 Å². The highest BCUT2D eigenvalue weighted by Gasteiger charge is 2.30. The van der Waals surface area contributed by atoms with Crippen molar-refractivity contribution in [2.45, 2.75) is 483 Å². The summed E-state index contributed by atoms with van der Waals surface area (Å²) >= 11 is 0. The van der Waals surface area contributed by atoms with Crippen LogP contribution < -0.4 is 0 Å². The molecule has 0 aliphatic heterocycles. The number of esters is 4. The Morgan fingerprint density at radius 1 is 0.257 bits per heavy atom. The number of carbonyl (C=O) groups excluding carboxylic acids is 4. The molecule has 624 valence electrons. The van der Waals surface area contributed by atoms with Crippen molar-refractivity contribution in [3.8, 4) is 0 Å². The smallest absolute Gasteiger partial charge is 0.462 e. The minimum absolute atomic E-state index is 0.108. The SMILES string of the molecule is CCCCCCCCCCCCCCCCCCCCCCCCC(=O)O[C@H](COC(=O)CCCCCCCCCCCCCCCCCCCCC)COP(=O)(O)OC[C@@H](O)COP(=O)(O)OC[C@@H](COC(=O)CCCCCCCCCC)OC(=O)CCCCCCCCCCCCCCCC(C)C. The minimum atomic E-state index is -4.96. The Bertz CT molecular complexity index is 2000. The Kier molecular flexibility index (Phi) is 77.3. The number of phosphoric acid groups is 2. The number of aliphatic hydroxyl groups is 1. The van der Waals surface area contributed by atoms with Gasteiger partial charge in [0.05, 0.1) is 26.4 Å². The molecular formula is C86H168O17P2. The summed E-state index contributed by atoms with van der Waals surface area (Å²) in [7, 11) is -9.92. The quantitative estimate of drug-likeness (QED) is 0.0222. The first-order valence-corrected chi connectivity index (χ1v) is 47.6. The van der Waals surface area contributed by atoms with E-state index in [1.807, 2.05) is 0 Å². The van der Waals surface area contributed by atoms with Crippen LogP contribution in [-0.2, 0) is 65.4 Å². The summed E-state index contributed by atoms with van der Waals surface area (Å²) in [5.41, 5.74) is 0. The Hall–Kier alpha value is -1.94. The highest BCUT2D eigenvalue weighted by Crippen LogP contribution is 2.45. The van der Waals surface area contributed by atoms with E-state index < -0.39 is 97.5 Å². The molecule has 3 N–H and O–H groups in total. The van der Waals surface area contributed by atoms with Crippen molar-refractivity contribution in [3.05, 3.63) is 0 Å². The van der Waals surface area contributed by atoms with Gasteiger partial charge in [0, 0.05) is 25.7 Å². The van der Waals surface area contributed by atoms with Crippen molar-refractivity contribution in [1.82, 2.24) is 0 Å². The van der Waals surface area contributed by atoms with Gasteiger partial charge in [0.2, 0.25) is 0 Å². The number of ether oxygens (including phenoxy) is 4. The lowest BCUT2D eigenvalue weighted by Crippen LogP contribution is -2.30. The lowest BCUT2D eigenvalue weighted by molar-refractivity contribution is -0.161. The predicted octanol–water partition coefficient (Wildman–Crippen LogP) is 26.4. The van der Waals surface area contributed by atoms with E-state index in [1.54, 1.807) is 0 Å². The monoisotopic (exact) mass is 1540 g/mol. The molecule has 0 rings (SSSR count). The minimum Gasteiger partial charge on any atom is -0.462 e. The second kappa shape index (κ2) is 78.7. The molecule has 0 saturated carbocycles. The molecule has 0 fully saturated rings. The van der Waals surface area contributed by atoms with Crippen LogP contribution >= 0.6 is 15.6 Å². The van der Waals surface area contributed by atoms with Gasteiger partial charge < -0.3 is 33.8 Å². The zero-order valence-corrected chi connectivity index (χ0v) is 70.7. The first-order chi connectivity index (χ1) is 51.0. The fourth-order valence-electron chi connectivity index (χ4n) is 13.5. The van der Waals surface area contributed by atoms with Crippen molar-refractivity contribution in [3.63, 3.8) is 0 Å². The molecule has 0 aromatic rings. The summed E-state index contributed by atoms with van der Waals surface area (Å²) in [6.45, 7) is 7.35. The number of hydrogen-bond acceptors (Lipinski definition) is 15. The van der Waals surface area contributed by atoms with E-state index in [2.05, 4.69) is 34.6 Å². The van der Waals surface area contributed by atoms with Crippen LogP contribution in [0.1, 0.15) is 465 Å². The van der Waals surface area contributed by atoms with Gasteiger partial charge in [0.1, 0.15) is 19.3 Å². The number of rotatable bonds is 86. The molecule has 0 amide bonds. The third-order valence-electron chi connectivity index (χ3n) is 20.3. The average Bonchev–Trinajstić information content (AvgIpc) is 0.913. The van der Waals surface area contributed by atoms with Crippen LogP contribution in [0.4, 0.5) is 0 Å². The number of aliphatic hydroxyl groups excluding tert-OH is 1. The fourth-order valence-corrected chi connectivity index (χ4v) is 15.1. The summed E-state index contributed by atoms with van der Waals surface area (Å²) in [5, 5.41) is 10.7. The van der Waals surface area contributed by atoms with Gasteiger partial charge in [-0.2, -0.15) is 0 Å². The van der Waals surface area contributed by atoms with E-state index in [9.17, 15) is 43.2 Å². The molecule has 0 aliphatic rings. The van der Waals surface area contributed by atoms with Crippen molar-refractivity contribution in [2.75, 3.05) is 39.6 Å². The maximum atomic E-state index is 13.1. The first kappa shape index (κ1) is 103. The molecule has 0 saturated heterocycles. The van der Waals surface area contributed by atoms with Crippen molar-refractivity contribution < 1.29 is 80.2 Å². The molecule has 2 unspecified atom stereocenters. The maximum Gasteiger partial charge on any atom is 0.472 e.